The number of thiol groups is 1. The monoisotopic (exact) mass is 490 g/mol. The number of amides is 4. The van der Waals surface area contributed by atoms with Gasteiger partial charge in [0.05, 0.1) is 6.04 Å². The van der Waals surface area contributed by atoms with Gasteiger partial charge in [-0.1, -0.05) is 20.3 Å². The Morgan fingerprint density at radius 1 is 0.939 bits per heavy atom. The summed E-state index contributed by atoms with van der Waals surface area (Å²) >= 11 is 3.97. The van der Waals surface area contributed by atoms with Crippen LogP contribution < -0.4 is 33.2 Å². The predicted octanol–water partition coefficient (Wildman–Crippen LogP) is -1.78. The van der Waals surface area contributed by atoms with E-state index in [1.54, 1.807) is 6.92 Å². The van der Waals surface area contributed by atoms with Gasteiger partial charge in [0.15, 0.2) is 0 Å². The maximum atomic E-state index is 13.0. The summed E-state index contributed by atoms with van der Waals surface area (Å²) in [5, 5.41) is 16.9. The van der Waals surface area contributed by atoms with E-state index in [1.165, 1.54) is 0 Å². The third-order valence-electron chi connectivity index (χ3n) is 5.20. The number of carboxylic acid groups (broad SMARTS) is 1. The van der Waals surface area contributed by atoms with Crippen molar-refractivity contribution in [3.05, 3.63) is 0 Å². The van der Waals surface area contributed by atoms with Gasteiger partial charge in [0.2, 0.25) is 23.6 Å². The fraction of sp³-hybridized carbons (Fsp3) is 0.750. The molecule has 13 heteroatoms. The van der Waals surface area contributed by atoms with Crippen molar-refractivity contribution in [2.45, 2.75) is 76.5 Å². The highest BCUT2D eigenvalue weighted by Crippen LogP contribution is 2.10. The van der Waals surface area contributed by atoms with Gasteiger partial charge in [0.25, 0.3) is 0 Å². The third-order valence-corrected chi connectivity index (χ3v) is 5.59. The molecule has 190 valence electrons. The van der Waals surface area contributed by atoms with Gasteiger partial charge >= 0.3 is 5.97 Å². The molecule has 4 amide bonds. The van der Waals surface area contributed by atoms with Crippen LogP contribution in [0.3, 0.4) is 0 Å². The van der Waals surface area contributed by atoms with Crippen LogP contribution in [0.1, 0.15) is 52.4 Å². The molecule has 12 nitrogen and oxygen atoms in total. The average Bonchev–Trinajstić information content (AvgIpc) is 2.77. The topological polar surface area (TPSA) is 220 Å². The Morgan fingerprint density at radius 2 is 1.55 bits per heavy atom. The third kappa shape index (κ3) is 11.9. The highest BCUT2D eigenvalue weighted by atomic mass is 32.1. The van der Waals surface area contributed by atoms with Crippen LogP contribution in [0.5, 0.6) is 0 Å². The Labute approximate surface area is 199 Å². The zero-order valence-corrected chi connectivity index (χ0v) is 20.1. The first-order chi connectivity index (χ1) is 15.5. The molecule has 0 aromatic heterocycles. The molecule has 0 aromatic rings. The Bertz CT molecular complexity index is 679. The summed E-state index contributed by atoms with van der Waals surface area (Å²) in [5.74, 6) is -4.16. The first-order valence-electron chi connectivity index (χ1n) is 11.0. The molecular formula is C20H38N6O6S. The van der Waals surface area contributed by atoms with Crippen LogP contribution in [-0.2, 0) is 24.0 Å². The molecular weight excluding hydrogens is 452 g/mol. The molecule has 0 aliphatic rings. The van der Waals surface area contributed by atoms with Crippen molar-refractivity contribution < 1.29 is 29.1 Å². The molecule has 33 heavy (non-hydrogen) atoms. The summed E-state index contributed by atoms with van der Waals surface area (Å²) in [6.07, 6.45) is 1.41. The molecule has 0 saturated carbocycles. The molecule has 0 heterocycles. The number of nitrogens with one attached hydrogen (secondary N) is 3. The summed E-state index contributed by atoms with van der Waals surface area (Å²) in [6.45, 7) is 3.95. The minimum Gasteiger partial charge on any atom is -0.480 e. The average molecular weight is 491 g/mol. The largest absolute Gasteiger partial charge is 0.480 e. The smallest absolute Gasteiger partial charge is 0.326 e. The maximum Gasteiger partial charge on any atom is 0.326 e. The number of aliphatic carboxylic acids is 1. The molecule has 0 rings (SSSR count). The Morgan fingerprint density at radius 3 is 2.03 bits per heavy atom. The van der Waals surface area contributed by atoms with E-state index in [9.17, 15) is 29.1 Å². The van der Waals surface area contributed by atoms with E-state index in [-0.39, 0.29) is 30.9 Å². The number of carbonyl (C=O) groups is 5. The summed E-state index contributed by atoms with van der Waals surface area (Å²) in [7, 11) is 0. The van der Waals surface area contributed by atoms with Crippen molar-refractivity contribution in [2.75, 3.05) is 12.3 Å². The molecule has 0 spiro atoms. The van der Waals surface area contributed by atoms with Crippen molar-refractivity contribution >= 4 is 42.2 Å². The molecule has 5 unspecified atom stereocenters. The highest BCUT2D eigenvalue weighted by Gasteiger charge is 2.32. The molecule has 5 atom stereocenters. The number of hydrogen-bond acceptors (Lipinski definition) is 8. The summed E-state index contributed by atoms with van der Waals surface area (Å²) in [5.41, 5.74) is 16.3. The highest BCUT2D eigenvalue weighted by molar-refractivity contribution is 7.80. The van der Waals surface area contributed by atoms with Crippen LogP contribution in [-0.4, -0.2) is 71.2 Å². The number of unbranched alkanes of at least 4 members (excludes halogenated alkanes) is 1. The zero-order valence-electron chi connectivity index (χ0n) is 19.2. The minimum absolute atomic E-state index is 0.0745. The lowest BCUT2D eigenvalue weighted by Crippen LogP contribution is -2.58. The van der Waals surface area contributed by atoms with Gasteiger partial charge in [-0.15, -0.1) is 0 Å². The molecule has 10 N–H and O–H groups in total. The van der Waals surface area contributed by atoms with Crippen LogP contribution in [0.2, 0.25) is 0 Å². The first kappa shape index (κ1) is 30.6. The number of hydrogen-bond donors (Lipinski definition) is 8. The van der Waals surface area contributed by atoms with Gasteiger partial charge in [-0.05, 0) is 38.1 Å². The molecule has 0 fully saturated rings. The lowest BCUT2D eigenvalue weighted by Gasteiger charge is -2.27. The SMILES string of the molecule is CCC(C)C(NC(=O)C(N)CS)C(=O)NC(CCC(N)=O)C(=O)NC(CCCCN)C(=O)O. The summed E-state index contributed by atoms with van der Waals surface area (Å²) in [6, 6.07) is -4.34. The zero-order chi connectivity index (χ0) is 25.6. The molecule has 0 radical (unpaired) electrons. The van der Waals surface area contributed by atoms with Gasteiger partial charge in [-0.3, -0.25) is 19.2 Å². The number of rotatable bonds is 17. The van der Waals surface area contributed by atoms with Crippen LogP contribution in [0, 0.1) is 5.92 Å². The second-order valence-corrected chi connectivity index (χ2v) is 8.28. The minimum atomic E-state index is -1.23. The van der Waals surface area contributed by atoms with Crippen molar-refractivity contribution in [1.82, 2.24) is 16.0 Å². The fourth-order valence-electron chi connectivity index (χ4n) is 2.88. The van der Waals surface area contributed by atoms with Crippen molar-refractivity contribution in [3.8, 4) is 0 Å². The van der Waals surface area contributed by atoms with Crippen LogP contribution in [0.15, 0.2) is 0 Å². The molecule has 0 saturated heterocycles. The fourth-order valence-corrected chi connectivity index (χ4v) is 3.05. The predicted molar refractivity (Wildman–Crippen MR) is 126 cm³/mol. The van der Waals surface area contributed by atoms with Crippen molar-refractivity contribution in [1.29, 1.82) is 0 Å². The maximum absolute atomic E-state index is 13.0. The van der Waals surface area contributed by atoms with Crippen molar-refractivity contribution in [2.24, 2.45) is 23.1 Å². The van der Waals surface area contributed by atoms with Gasteiger partial charge in [0, 0.05) is 12.2 Å². The molecule has 0 aliphatic carbocycles. The lowest BCUT2D eigenvalue weighted by atomic mass is 9.97. The standard InChI is InChI=1S/C20H38N6O6S/c1-3-11(2)16(26-17(28)12(22)10-33)19(30)24-13(7-8-15(23)27)18(29)25-14(20(31)32)6-4-5-9-21/h11-14,16,33H,3-10,21-22H2,1-2H3,(H2,23,27)(H,24,30)(H,25,29)(H,26,28)(H,31,32). The second kappa shape index (κ2) is 16.3. The first-order valence-corrected chi connectivity index (χ1v) is 11.6. The van der Waals surface area contributed by atoms with Gasteiger partial charge in [0.1, 0.15) is 18.1 Å². The number of carboxylic acids is 1. The van der Waals surface area contributed by atoms with E-state index in [4.69, 9.17) is 17.2 Å². The Kier molecular flexibility index (Phi) is 15.1. The van der Waals surface area contributed by atoms with E-state index in [0.717, 1.165) is 0 Å². The molecule has 0 aromatic carbocycles. The second-order valence-electron chi connectivity index (χ2n) is 7.91. The van der Waals surface area contributed by atoms with Crippen LogP contribution in [0.4, 0.5) is 0 Å². The normalized spacial score (nSPS) is 15.4. The van der Waals surface area contributed by atoms with E-state index in [1.807, 2.05) is 6.92 Å². The number of carbonyl (C=O) groups excluding carboxylic acids is 4. The van der Waals surface area contributed by atoms with E-state index < -0.39 is 53.8 Å². The van der Waals surface area contributed by atoms with E-state index >= 15 is 0 Å². The number of primary amides is 1. The summed E-state index contributed by atoms with van der Waals surface area (Å²) < 4.78 is 0. The number of nitrogens with two attached hydrogens (primary N) is 3. The van der Waals surface area contributed by atoms with Gasteiger partial charge < -0.3 is 38.3 Å². The molecule has 0 aliphatic heterocycles. The Balaban J connectivity index is 5.53. The van der Waals surface area contributed by atoms with E-state index in [2.05, 4.69) is 28.6 Å². The quantitative estimate of drug-likeness (QED) is 0.0858. The Hall–Kier alpha value is -2.38. The molecule has 0 bridgehead atoms. The van der Waals surface area contributed by atoms with Crippen LogP contribution >= 0.6 is 12.6 Å². The summed E-state index contributed by atoms with van der Waals surface area (Å²) in [4.78, 5) is 60.7. The van der Waals surface area contributed by atoms with Crippen LogP contribution in [0.25, 0.3) is 0 Å². The van der Waals surface area contributed by atoms with E-state index in [0.29, 0.717) is 25.8 Å². The lowest BCUT2D eigenvalue weighted by molar-refractivity contribution is -0.142. The van der Waals surface area contributed by atoms with Gasteiger partial charge in [-0.25, -0.2) is 4.79 Å². The van der Waals surface area contributed by atoms with Gasteiger partial charge in [-0.2, -0.15) is 12.6 Å². The van der Waals surface area contributed by atoms with Crippen molar-refractivity contribution in [3.63, 3.8) is 0 Å².